The average molecular weight is 170 g/mol. The van der Waals surface area contributed by atoms with Crippen molar-refractivity contribution in [2.45, 2.75) is 13.3 Å². The highest BCUT2D eigenvalue weighted by Gasteiger charge is 2.08. The van der Waals surface area contributed by atoms with Crippen LogP contribution in [0.4, 0.5) is 4.39 Å². The second kappa shape index (κ2) is 3.43. The third-order valence-electron chi connectivity index (χ3n) is 1.72. The fraction of sp³-hybridized carbons (Fsp3) is 0.333. The molecule has 0 unspecified atom stereocenters. The van der Waals surface area contributed by atoms with Crippen LogP contribution in [0.3, 0.4) is 0 Å². The summed E-state index contributed by atoms with van der Waals surface area (Å²) in [6.45, 7) is 1.87. The molecule has 0 atom stereocenters. The van der Waals surface area contributed by atoms with Crippen LogP contribution in [0.1, 0.15) is 12.5 Å². The van der Waals surface area contributed by atoms with Gasteiger partial charge in [-0.2, -0.15) is 0 Å². The second-order valence-corrected chi connectivity index (χ2v) is 2.46. The number of benzene rings is 1. The van der Waals surface area contributed by atoms with Crippen LogP contribution in [-0.2, 0) is 6.42 Å². The summed E-state index contributed by atoms with van der Waals surface area (Å²) >= 11 is 0. The molecule has 0 radical (unpaired) electrons. The van der Waals surface area contributed by atoms with E-state index in [0.717, 1.165) is 6.07 Å². The molecule has 0 bridgehead atoms. The maximum absolute atomic E-state index is 12.7. The predicted molar refractivity (Wildman–Crippen MR) is 44.0 cm³/mol. The zero-order valence-electron chi connectivity index (χ0n) is 7.10. The Kier molecular flexibility index (Phi) is 2.53. The number of rotatable bonds is 2. The van der Waals surface area contributed by atoms with Gasteiger partial charge in [0.05, 0.1) is 7.11 Å². The third-order valence-corrected chi connectivity index (χ3v) is 1.72. The van der Waals surface area contributed by atoms with E-state index in [1.54, 1.807) is 0 Å². The van der Waals surface area contributed by atoms with Crippen LogP contribution in [0.2, 0.25) is 0 Å². The van der Waals surface area contributed by atoms with Crippen molar-refractivity contribution >= 4 is 0 Å². The molecule has 0 saturated heterocycles. The minimum atomic E-state index is -0.485. The average Bonchev–Trinajstić information content (AvgIpc) is 2.03. The predicted octanol–water partition coefficient (Wildman–Crippen LogP) is 2.10. The van der Waals surface area contributed by atoms with E-state index >= 15 is 0 Å². The SMILES string of the molecule is CCc1c(O)cc(F)cc1OC. The first-order chi connectivity index (χ1) is 5.69. The molecule has 1 aromatic rings. The highest BCUT2D eigenvalue weighted by Crippen LogP contribution is 2.29. The van der Waals surface area contributed by atoms with Crippen molar-refractivity contribution in [3.05, 3.63) is 23.5 Å². The van der Waals surface area contributed by atoms with E-state index in [2.05, 4.69) is 0 Å². The van der Waals surface area contributed by atoms with Crippen molar-refractivity contribution in [3.63, 3.8) is 0 Å². The van der Waals surface area contributed by atoms with Gasteiger partial charge in [0.1, 0.15) is 17.3 Å². The number of phenolic OH excluding ortho intramolecular Hbond substituents is 1. The first-order valence-electron chi connectivity index (χ1n) is 3.74. The Morgan fingerprint density at radius 1 is 1.50 bits per heavy atom. The molecule has 0 fully saturated rings. The lowest BCUT2D eigenvalue weighted by Crippen LogP contribution is -1.92. The highest BCUT2D eigenvalue weighted by molar-refractivity contribution is 5.44. The van der Waals surface area contributed by atoms with Crippen molar-refractivity contribution in [3.8, 4) is 11.5 Å². The summed E-state index contributed by atoms with van der Waals surface area (Å²) in [4.78, 5) is 0. The van der Waals surface area contributed by atoms with Crippen LogP contribution in [0.15, 0.2) is 12.1 Å². The molecule has 0 heterocycles. The summed E-state index contributed by atoms with van der Waals surface area (Å²) in [5.41, 5.74) is 0.638. The molecular weight excluding hydrogens is 159 g/mol. The number of methoxy groups -OCH3 is 1. The molecule has 0 spiro atoms. The van der Waals surface area contributed by atoms with Crippen LogP contribution < -0.4 is 4.74 Å². The zero-order valence-corrected chi connectivity index (χ0v) is 7.10. The summed E-state index contributed by atoms with van der Waals surface area (Å²) in [6, 6.07) is 2.35. The van der Waals surface area contributed by atoms with E-state index in [4.69, 9.17) is 4.74 Å². The standard InChI is InChI=1S/C9H11FO2/c1-3-7-8(11)4-6(10)5-9(7)12-2/h4-5,11H,3H2,1-2H3. The van der Waals surface area contributed by atoms with Gasteiger partial charge < -0.3 is 9.84 Å². The van der Waals surface area contributed by atoms with Gasteiger partial charge in [0.2, 0.25) is 0 Å². The molecule has 0 aliphatic carbocycles. The molecule has 66 valence electrons. The highest BCUT2D eigenvalue weighted by atomic mass is 19.1. The van der Waals surface area contributed by atoms with Crippen LogP contribution in [0.5, 0.6) is 11.5 Å². The fourth-order valence-corrected chi connectivity index (χ4v) is 1.14. The summed E-state index contributed by atoms with van der Waals surface area (Å²) in [5, 5.41) is 9.28. The van der Waals surface area contributed by atoms with E-state index in [-0.39, 0.29) is 5.75 Å². The van der Waals surface area contributed by atoms with Crippen LogP contribution >= 0.6 is 0 Å². The van der Waals surface area contributed by atoms with E-state index in [0.29, 0.717) is 17.7 Å². The summed E-state index contributed by atoms with van der Waals surface area (Å²) in [6.07, 6.45) is 0.620. The van der Waals surface area contributed by atoms with E-state index in [1.165, 1.54) is 13.2 Å². The summed E-state index contributed by atoms with van der Waals surface area (Å²) in [7, 11) is 1.45. The normalized spacial score (nSPS) is 9.92. The number of aromatic hydroxyl groups is 1. The summed E-state index contributed by atoms with van der Waals surface area (Å²) < 4.78 is 17.6. The Bertz CT molecular complexity index is 284. The molecular formula is C9H11FO2. The smallest absolute Gasteiger partial charge is 0.130 e. The minimum absolute atomic E-state index is 0.0469. The largest absolute Gasteiger partial charge is 0.507 e. The monoisotopic (exact) mass is 170 g/mol. The van der Waals surface area contributed by atoms with Gasteiger partial charge in [-0.25, -0.2) is 4.39 Å². The lowest BCUT2D eigenvalue weighted by Gasteiger charge is -2.08. The van der Waals surface area contributed by atoms with E-state index < -0.39 is 5.82 Å². The fourth-order valence-electron chi connectivity index (χ4n) is 1.14. The molecule has 1 N–H and O–H groups in total. The summed E-state index contributed by atoms with van der Waals surface area (Å²) in [5.74, 6) is -0.133. The van der Waals surface area contributed by atoms with Crippen molar-refractivity contribution in [2.75, 3.05) is 7.11 Å². The molecule has 12 heavy (non-hydrogen) atoms. The number of hydrogen-bond acceptors (Lipinski definition) is 2. The molecule has 0 aliphatic heterocycles. The Morgan fingerprint density at radius 2 is 2.17 bits per heavy atom. The maximum atomic E-state index is 12.7. The van der Waals surface area contributed by atoms with Gasteiger partial charge in [-0.15, -0.1) is 0 Å². The zero-order chi connectivity index (χ0) is 9.14. The Hall–Kier alpha value is -1.25. The lowest BCUT2D eigenvalue weighted by molar-refractivity contribution is 0.395. The minimum Gasteiger partial charge on any atom is -0.507 e. The quantitative estimate of drug-likeness (QED) is 0.736. The molecule has 1 rings (SSSR count). The molecule has 0 saturated carbocycles. The van der Waals surface area contributed by atoms with Gasteiger partial charge in [-0.1, -0.05) is 6.92 Å². The number of halogens is 1. The molecule has 2 nitrogen and oxygen atoms in total. The van der Waals surface area contributed by atoms with Gasteiger partial charge >= 0.3 is 0 Å². The lowest BCUT2D eigenvalue weighted by atomic mass is 10.1. The van der Waals surface area contributed by atoms with Crippen molar-refractivity contribution in [1.82, 2.24) is 0 Å². The topological polar surface area (TPSA) is 29.5 Å². The van der Waals surface area contributed by atoms with Gasteiger partial charge in [-0.3, -0.25) is 0 Å². The van der Waals surface area contributed by atoms with Crippen molar-refractivity contribution < 1.29 is 14.2 Å². The van der Waals surface area contributed by atoms with Crippen LogP contribution in [-0.4, -0.2) is 12.2 Å². The molecule has 1 aromatic carbocycles. The molecule has 3 heteroatoms. The number of phenols is 1. The van der Waals surface area contributed by atoms with Crippen molar-refractivity contribution in [1.29, 1.82) is 0 Å². The van der Waals surface area contributed by atoms with Crippen LogP contribution in [0, 0.1) is 5.82 Å². The molecule has 0 aromatic heterocycles. The number of hydrogen-bond donors (Lipinski definition) is 1. The maximum Gasteiger partial charge on any atom is 0.130 e. The third kappa shape index (κ3) is 1.49. The van der Waals surface area contributed by atoms with Gasteiger partial charge in [-0.05, 0) is 6.42 Å². The van der Waals surface area contributed by atoms with E-state index in [9.17, 15) is 9.50 Å². The molecule has 0 amide bonds. The first-order valence-corrected chi connectivity index (χ1v) is 3.74. The first kappa shape index (κ1) is 8.84. The Morgan fingerprint density at radius 3 is 2.67 bits per heavy atom. The second-order valence-electron chi connectivity index (χ2n) is 2.46. The van der Waals surface area contributed by atoms with Crippen molar-refractivity contribution in [2.24, 2.45) is 0 Å². The van der Waals surface area contributed by atoms with Crippen LogP contribution in [0.25, 0.3) is 0 Å². The van der Waals surface area contributed by atoms with Gasteiger partial charge in [0.25, 0.3) is 0 Å². The number of ether oxygens (including phenoxy) is 1. The molecule has 0 aliphatic rings. The van der Waals surface area contributed by atoms with Gasteiger partial charge in [0.15, 0.2) is 0 Å². The Balaban J connectivity index is 3.24. The Labute approximate surface area is 70.6 Å². The van der Waals surface area contributed by atoms with E-state index in [1.807, 2.05) is 6.92 Å². The van der Waals surface area contributed by atoms with Gasteiger partial charge in [0, 0.05) is 17.7 Å².